The summed E-state index contributed by atoms with van der Waals surface area (Å²) in [6.45, 7) is 7.81. The number of rotatable bonds is 14. The molecule has 30 heavy (non-hydrogen) atoms. The molecule has 0 radical (unpaired) electrons. The van der Waals surface area contributed by atoms with Crippen LogP contribution in [0.1, 0.15) is 39.2 Å². The third-order valence-electron chi connectivity index (χ3n) is 4.70. The smallest absolute Gasteiger partial charge is 0.158 e. The summed E-state index contributed by atoms with van der Waals surface area (Å²) in [6, 6.07) is 15.5. The van der Waals surface area contributed by atoms with Crippen LogP contribution in [0.2, 0.25) is 0 Å². The van der Waals surface area contributed by atoms with Crippen LogP contribution in [-0.2, 0) is 16.0 Å². The second kappa shape index (κ2) is 12.9. The molecule has 2 rings (SSSR count). The number of ether oxygens (including phenoxy) is 4. The largest absolute Gasteiger partial charge is 0.494 e. The third-order valence-corrected chi connectivity index (χ3v) is 4.70. The fourth-order valence-electron chi connectivity index (χ4n) is 2.81. The Bertz CT molecular complexity index is 737. The predicted octanol–water partition coefficient (Wildman–Crippen LogP) is 5.11. The SMILES string of the molecule is CO[C@@H](Cc1ccc(OCCCOc2ccc(OCCC(C)C)cc2)cc1)C(C)=O. The maximum atomic E-state index is 11.5. The van der Waals surface area contributed by atoms with E-state index in [0.717, 1.165) is 42.3 Å². The van der Waals surface area contributed by atoms with Gasteiger partial charge in [0.15, 0.2) is 5.78 Å². The number of Topliss-reactive ketones (excluding diaryl/α,β-unsaturated/α-hetero) is 1. The highest BCUT2D eigenvalue weighted by atomic mass is 16.5. The Morgan fingerprint density at radius 2 is 1.27 bits per heavy atom. The average molecular weight is 415 g/mol. The van der Waals surface area contributed by atoms with Crippen molar-refractivity contribution in [2.75, 3.05) is 26.9 Å². The minimum absolute atomic E-state index is 0.0334. The Kier molecular flexibility index (Phi) is 10.2. The van der Waals surface area contributed by atoms with E-state index in [2.05, 4.69) is 13.8 Å². The lowest BCUT2D eigenvalue weighted by Gasteiger charge is -2.12. The first-order chi connectivity index (χ1) is 14.5. The molecule has 0 unspecified atom stereocenters. The first-order valence-corrected chi connectivity index (χ1v) is 10.6. The van der Waals surface area contributed by atoms with Crippen molar-refractivity contribution in [3.63, 3.8) is 0 Å². The number of hydrogen-bond acceptors (Lipinski definition) is 5. The summed E-state index contributed by atoms with van der Waals surface area (Å²) in [5, 5.41) is 0. The normalized spacial score (nSPS) is 11.9. The fourth-order valence-corrected chi connectivity index (χ4v) is 2.81. The number of carbonyl (C=O) groups excluding carboxylic acids is 1. The third kappa shape index (κ3) is 8.87. The van der Waals surface area contributed by atoms with E-state index in [-0.39, 0.29) is 5.78 Å². The monoisotopic (exact) mass is 414 g/mol. The summed E-state index contributed by atoms with van der Waals surface area (Å²) in [4.78, 5) is 11.5. The summed E-state index contributed by atoms with van der Waals surface area (Å²) < 4.78 is 22.4. The standard InChI is InChI=1S/C25H34O5/c1-19(2)14-17-30-24-12-10-23(11-13-24)29-16-5-15-28-22-8-6-21(7-9-22)18-25(27-4)20(3)26/h6-13,19,25H,5,14-18H2,1-4H3/t25-/m0/s1. The molecule has 0 aliphatic rings. The number of methoxy groups -OCH3 is 1. The van der Waals surface area contributed by atoms with E-state index in [1.54, 1.807) is 14.0 Å². The summed E-state index contributed by atoms with van der Waals surface area (Å²) in [5.74, 6) is 3.18. The zero-order valence-corrected chi connectivity index (χ0v) is 18.6. The maximum absolute atomic E-state index is 11.5. The van der Waals surface area contributed by atoms with Crippen LogP contribution in [0.25, 0.3) is 0 Å². The van der Waals surface area contributed by atoms with Crippen LogP contribution in [0.3, 0.4) is 0 Å². The molecule has 2 aromatic carbocycles. The minimum atomic E-state index is -0.394. The van der Waals surface area contributed by atoms with Crippen molar-refractivity contribution in [1.29, 1.82) is 0 Å². The van der Waals surface area contributed by atoms with Gasteiger partial charge in [-0.1, -0.05) is 26.0 Å². The highest BCUT2D eigenvalue weighted by Gasteiger charge is 2.13. The molecule has 0 N–H and O–H groups in total. The van der Waals surface area contributed by atoms with Crippen molar-refractivity contribution in [2.45, 2.75) is 46.1 Å². The van der Waals surface area contributed by atoms with Gasteiger partial charge in [-0.25, -0.2) is 0 Å². The topological polar surface area (TPSA) is 54.0 Å². The molecule has 0 aliphatic heterocycles. The van der Waals surface area contributed by atoms with E-state index in [4.69, 9.17) is 18.9 Å². The van der Waals surface area contributed by atoms with Crippen LogP contribution >= 0.6 is 0 Å². The van der Waals surface area contributed by atoms with Gasteiger partial charge in [0.25, 0.3) is 0 Å². The molecule has 164 valence electrons. The number of carbonyl (C=O) groups is 1. The van der Waals surface area contributed by atoms with Gasteiger partial charge in [0.1, 0.15) is 23.4 Å². The molecular weight excluding hydrogens is 380 g/mol. The Hall–Kier alpha value is -2.53. The van der Waals surface area contributed by atoms with E-state index in [1.165, 1.54) is 0 Å². The molecule has 0 saturated heterocycles. The van der Waals surface area contributed by atoms with Gasteiger partial charge in [-0.15, -0.1) is 0 Å². The van der Waals surface area contributed by atoms with Crippen molar-refractivity contribution in [2.24, 2.45) is 5.92 Å². The molecule has 0 spiro atoms. The first-order valence-electron chi connectivity index (χ1n) is 10.6. The van der Waals surface area contributed by atoms with Gasteiger partial charge in [-0.3, -0.25) is 4.79 Å². The molecule has 5 nitrogen and oxygen atoms in total. The number of ketones is 1. The van der Waals surface area contributed by atoms with Gasteiger partial charge < -0.3 is 18.9 Å². The highest BCUT2D eigenvalue weighted by Crippen LogP contribution is 2.19. The van der Waals surface area contributed by atoms with Crippen molar-refractivity contribution in [1.82, 2.24) is 0 Å². The van der Waals surface area contributed by atoms with Crippen molar-refractivity contribution in [3.05, 3.63) is 54.1 Å². The molecule has 2 aromatic rings. The van der Waals surface area contributed by atoms with E-state index in [9.17, 15) is 4.79 Å². The van der Waals surface area contributed by atoms with Crippen LogP contribution in [0.5, 0.6) is 17.2 Å². The van der Waals surface area contributed by atoms with E-state index < -0.39 is 6.10 Å². The zero-order chi connectivity index (χ0) is 21.8. The molecule has 0 amide bonds. The van der Waals surface area contributed by atoms with Gasteiger partial charge >= 0.3 is 0 Å². The minimum Gasteiger partial charge on any atom is -0.494 e. The van der Waals surface area contributed by atoms with Crippen LogP contribution in [0, 0.1) is 5.92 Å². The van der Waals surface area contributed by atoms with Crippen molar-refractivity contribution >= 4 is 5.78 Å². The van der Waals surface area contributed by atoms with E-state index in [0.29, 0.717) is 25.6 Å². The number of benzene rings is 2. The predicted molar refractivity (Wildman–Crippen MR) is 119 cm³/mol. The van der Waals surface area contributed by atoms with Crippen LogP contribution in [0.15, 0.2) is 48.5 Å². The van der Waals surface area contributed by atoms with Gasteiger partial charge in [0.2, 0.25) is 0 Å². The second-order valence-electron chi connectivity index (χ2n) is 7.74. The first kappa shape index (κ1) is 23.7. The lowest BCUT2D eigenvalue weighted by molar-refractivity contribution is -0.126. The molecule has 0 fully saturated rings. The van der Waals surface area contributed by atoms with Gasteiger partial charge in [0.05, 0.1) is 19.8 Å². The van der Waals surface area contributed by atoms with Crippen molar-refractivity contribution in [3.8, 4) is 17.2 Å². The molecule has 5 heteroatoms. The Morgan fingerprint density at radius 3 is 1.70 bits per heavy atom. The molecule has 0 aliphatic carbocycles. The second-order valence-corrected chi connectivity index (χ2v) is 7.74. The average Bonchev–Trinajstić information content (AvgIpc) is 2.73. The summed E-state index contributed by atoms with van der Waals surface area (Å²) >= 11 is 0. The Labute approximate surface area is 180 Å². The Balaban J connectivity index is 1.63. The van der Waals surface area contributed by atoms with Crippen LogP contribution in [0.4, 0.5) is 0 Å². The summed E-state index contributed by atoms with van der Waals surface area (Å²) in [5.41, 5.74) is 1.05. The summed E-state index contributed by atoms with van der Waals surface area (Å²) in [7, 11) is 1.56. The molecule has 0 saturated carbocycles. The maximum Gasteiger partial charge on any atom is 0.158 e. The fraction of sp³-hybridized carbons (Fsp3) is 0.480. The van der Waals surface area contributed by atoms with Gasteiger partial charge in [-0.05, 0) is 61.2 Å². The van der Waals surface area contributed by atoms with Crippen LogP contribution in [-0.4, -0.2) is 38.8 Å². The van der Waals surface area contributed by atoms with Crippen LogP contribution < -0.4 is 14.2 Å². The van der Waals surface area contributed by atoms with E-state index >= 15 is 0 Å². The Morgan fingerprint density at radius 1 is 0.800 bits per heavy atom. The van der Waals surface area contributed by atoms with Gasteiger partial charge in [0, 0.05) is 20.0 Å². The molecule has 1 atom stereocenters. The molecule has 0 heterocycles. The van der Waals surface area contributed by atoms with Gasteiger partial charge in [-0.2, -0.15) is 0 Å². The zero-order valence-electron chi connectivity index (χ0n) is 18.6. The molecular formula is C25H34O5. The molecule has 0 bridgehead atoms. The summed E-state index contributed by atoms with van der Waals surface area (Å²) in [6.07, 6.45) is 2.01. The molecule has 0 aromatic heterocycles. The lowest BCUT2D eigenvalue weighted by atomic mass is 10.1. The quantitative estimate of drug-likeness (QED) is 0.402. The lowest BCUT2D eigenvalue weighted by Crippen LogP contribution is -2.22. The van der Waals surface area contributed by atoms with Crippen molar-refractivity contribution < 1.29 is 23.7 Å². The van der Waals surface area contributed by atoms with E-state index in [1.807, 2.05) is 48.5 Å². The highest BCUT2D eigenvalue weighted by molar-refractivity contribution is 5.80. The number of hydrogen-bond donors (Lipinski definition) is 0.